The summed E-state index contributed by atoms with van der Waals surface area (Å²) >= 11 is 0. The molecule has 8 aliphatic rings. The van der Waals surface area contributed by atoms with E-state index in [-0.39, 0.29) is 71.4 Å². The lowest BCUT2D eigenvalue weighted by Gasteiger charge is -2.60. The lowest BCUT2D eigenvalue weighted by molar-refractivity contribution is -0.185. The zero-order chi connectivity index (χ0) is 37.8. The summed E-state index contributed by atoms with van der Waals surface area (Å²) < 4.78 is 15.2. The van der Waals surface area contributed by atoms with E-state index >= 15 is 4.39 Å². The molecular weight excluding hydrogens is 663 g/mol. The Kier molecular flexibility index (Phi) is 9.40. The summed E-state index contributed by atoms with van der Waals surface area (Å²) in [4.78, 5) is 48.5. The van der Waals surface area contributed by atoms with Gasteiger partial charge in [0.2, 0.25) is 0 Å². The van der Waals surface area contributed by atoms with Crippen LogP contribution in [0.4, 0.5) is 4.39 Å². The van der Waals surface area contributed by atoms with Crippen LogP contribution < -0.4 is 0 Å². The maximum absolute atomic E-state index is 15.2. The molecule has 0 heterocycles. The molecule has 4 N–H and O–H groups in total. The van der Waals surface area contributed by atoms with Crippen LogP contribution in [0.3, 0.4) is 0 Å². The fourth-order valence-corrected chi connectivity index (χ4v) is 14.6. The van der Waals surface area contributed by atoms with Gasteiger partial charge in [-0.1, -0.05) is 46.3 Å². The van der Waals surface area contributed by atoms with Crippen molar-refractivity contribution in [2.45, 2.75) is 123 Å². The van der Waals surface area contributed by atoms with Gasteiger partial charge in [-0.2, -0.15) is 0 Å². The first-order valence-corrected chi connectivity index (χ1v) is 19.9. The van der Waals surface area contributed by atoms with Crippen LogP contribution in [0.25, 0.3) is 0 Å². The van der Waals surface area contributed by atoms with Gasteiger partial charge < -0.3 is 20.4 Å². The third kappa shape index (κ3) is 5.17. The predicted molar refractivity (Wildman–Crippen MR) is 192 cm³/mol. The topological polar surface area (TPSA) is 149 Å². The molecule has 15 atom stereocenters. The number of hydrogen-bond donors (Lipinski definition) is 4. The number of ketones is 4. The van der Waals surface area contributed by atoms with E-state index in [2.05, 4.69) is 13.8 Å². The first-order chi connectivity index (χ1) is 24.4. The van der Waals surface area contributed by atoms with Crippen LogP contribution in [-0.2, 0) is 19.2 Å². The molecule has 8 aliphatic carbocycles. The number of fused-ring (bicyclic) bond motifs is 10. The van der Waals surface area contributed by atoms with Crippen LogP contribution >= 0.6 is 0 Å². The van der Waals surface area contributed by atoms with Crippen molar-refractivity contribution in [1.29, 1.82) is 0 Å². The molecule has 0 unspecified atom stereocenters. The van der Waals surface area contributed by atoms with Gasteiger partial charge in [0.15, 0.2) is 23.1 Å². The van der Waals surface area contributed by atoms with Crippen molar-refractivity contribution in [3.8, 4) is 0 Å². The minimum Gasteiger partial charge on any atom is -0.393 e. The molecule has 286 valence electrons. The fourth-order valence-electron chi connectivity index (χ4n) is 14.6. The molecule has 0 aromatic carbocycles. The normalized spacial score (nSPS) is 50.2. The Morgan fingerprint density at radius 1 is 0.885 bits per heavy atom. The van der Waals surface area contributed by atoms with Crippen molar-refractivity contribution in [1.82, 2.24) is 0 Å². The van der Waals surface area contributed by atoms with Crippen LogP contribution in [0.1, 0.15) is 105 Å². The number of Topliss-reactive ketones (excluding diaryl/α,β-unsaturated/α-hetero) is 2. The number of carbonyl (C=O) groups is 4. The van der Waals surface area contributed by atoms with E-state index < -0.39 is 41.1 Å². The van der Waals surface area contributed by atoms with E-state index in [1.165, 1.54) is 30.6 Å². The third-order valence-corrected chi connectivity index (χ3v) is 17.1. The number of aliphatic hydroxyl groups excluding tert-OH is 3. The molecule has 0 saturated heterocycles. The third-order valence-electron chi connectivity index (χ3n) is 17.1. The summed E-state index contributed by atoms with van der Waals surface area (Å²) in [6.07, 6.45) is 13.6. The number of carbonyl (C=O) groups excluding carboxylic acids is 4. The second-order valence-electron chi connectivity index (χ2n) is 19.1. The molecular formula is C43H59FO8. The fraction of sp³-hybridized carbons (Fsp3) is 0.767. The Bertz CT molecular complexity index is 1630. The highest BCUT2D eigenvalue weighted by Gasteiger charge is 2.71. The van der Waals surface area contributed by atoms with E-state index in [9.17, 15) is 39.6 Å². The minimum atomic E-state index is -1.74. The van der Waals surface area contributed by atoms with Crippen LogP contribution in [0.5, 0.6) is 0 Å². The Morgan fingerprint density at radius 2 is 1.62 bits per heavy atom. The van der Waals surface area contributed by atoms with Gasteiger partial charge >= 0.3 is 0 Å². The molecule has 0 aromatic heterocycles. The molecule has 6 fully saturated rings. The molecule has 0 spiro atoms. The SMILES string of the molecule is C[C@@H]1C[C@H]2[C@@H]3C[C@H](F)C4=CC(=O)C=C[C@]4(C)[C@H]3[C@@H](O)C[C@]2(C)[C@@]1(O)C(=O)CO.C[C@]12CC[C@H]3[C@@H](CCC4=CC(=O)CC[C@@]43C)[C@@H]1CC[C@@H]2C(=O)CO. The number of rotatable bonds is 4. The van der Waals surface area contributed by atoms with Crippen LogP contribution in [0.15, 0.2) is 35.5 Å². The van der Waals surface area contributed by atoms with Crippen molar-refractivity contribution in [3.05, 3.63) is 35.5 Å². The zero-order valence-corrected chi connectivity index (χ0v) is 31.6. The maximum Gasteiger partial charge on any atom is 0.190 e. The van der Waals surface area contributed by atoms with Gasteiger partial charge in [-0.15, -0.1) is 0 Å². The van der Waals surface area contributed by atoms with Gasteiger partial charge in [-0.25, -0.2) is 4.39 Å². The van der Waals surface area contributed by atoms with Gasteiger partial charge in [0.25, 0.3) is 0 Å². The monoisotopic (exact) mass is 722 g/mol. The van der Waals surface area contributed by atoms with Crippen LogP contribution in [-0.4, -0.2) is 74.6 Å². The average Bonchev–Trinajstić information content (AvgIpc) is 3.56. The molecule has 9 heteroatoms. The molecule has 0 aliphatic heterocycles. The van der Waals surface area contributed by atoms with E-state index in [1.807, 2.05) is 13.0 Å². The number of hydrogen-bond acceptors (Lipinski definition) is 8. The lowest BCUT2D eigenvalue weighted by atomic mass is 9.46. The van der Waals surface area contributed by atoms with Crippen molar-refractivity contribution in [3.63, 3.8) is 0 Å². The first-order valence-electron chi connectivity index (χ1n) is 19.9. The van der Waals surface area contributed by atoms with E-state index in [4.69, 9.17) is 0 Å². The summed E-state index contributed by atoms with van der Waals surface area (Å²) in [5.74, 6) is 0.498. The molecule has 0 aromatic rings. The molecule has 0 amide bonds. The standard InChI is InChI=1S/C22H29FO5.C21H30O3/c1-11-6-14-13-8-16(23)15-7-12(25)4-5-20(15,2)19(13)17(26)9-21(14,3)22(11,28)18(27)10-24;1-20-9-7-14(23)11-13(20)3-4-15-16-5-6-18(19(24)12-22)21(16,2)10-8-17(15)20/h4-5,7,11,13-14,16-17,19,24,26,28H,6,8-10H2,1-3H3;11,15-18,22H,3-10,12H2,1-2H3/t11-,13+,14+,16+,17+,19-,20+,21+,22+;15-,16-,17-,18+,20-,21-/m10/s1. The minimum absolute atomic E-state index is 0.0596. The maximum atomic E-state index is 15.2. The number of aliphatic hydroxyl groups is 4. The summed E-state index contributed by atoms with van der Waals surface area (Å²) in [7, 11) is 0. The second-order valence-corrected chi connectivity index (χ2v) is 19.1. The summed E-state index contributed by atoms with van der Waals surface area (Å²) in [5.41, 5.74) is -1.30. The molecule has 0 radical (unpaired) electrons. The number of alkyl halides is 1. The summed E-state index contributed by atoms with van der Waals surface area (Å²) in [5, 5.41) is 41.4. The average molecular weight is 723 g/mol. The van der Waals surface area contributed by atoms with Gasteiger partial charge in [-0.05, 0) is 134 Å². The molecule has 8 nitrogen and oxygen atoms in total. The Morgan fingerprint density at radius 3 is 2.31 bits per heavy atom. The van der Waals surface area contributed by atoms with Crippen LogP contribution in [0.2, 0.25) is 0 Å². The molecule has 8 rings (SSSR count). The summed E-state index contributed by atoms with van der Waals surface area (Å²) in [6.45, 7) is 9.13. The van der Waals surface area contributed by atoms with E-state index in [1.54, 1.807) is 19.9 Å². The molecule has 52 heavy (non-hydrogen) atoms. The number of halogens is 1. The van der Waals surface area contributed by atoms with Gasteiger partial charge in [-0.3, -0.25) is 19.2 Å². The molecule has 0 bridgehead atoms. The smallest absolute Gasteiger partial charge is 0.190 e. The highest BCUT2D eigenvalue weighted by molar-refractivity contribution is 6.01. The van der Waals surface area contributed by atoms with Crippen molar-refractivity contribution < 1.29 is 44.0 Å². The first kappa shape index (κ1) is 38.0. The van der Waals surface area contributed by atoms with Gasteiger partial charge in [0.1, 0.15) is 25.0 Å². The van der Waals surface area contributed by atoms with Crippen molar-refractivity contribution >= 4 is 23.1 Å². The van der Waals surface area contributed by atoms with Crippen molar-refractivity contribution in [2.75, 3.05) is 13.2 Å². The highest BCUT2D eigenvalue weighted by Crippen LogP contribution is 2.69. The van der Waals surface area contributed by atoms with Gasteiger partial charge in [0, 0.05) is 29.1 Å². The zero-order valence-electron chi connectivity index (χ0n) is 31.6. The summed E-state index contributed by atoms with van der Waals surface area (Å²) in [6, 6.07) is 0. The quantitative estimate of drug-likeness (QED) is 0.300. The highest BCUT2D eigenvalue weighted by atomic mass is 19.1. The Balaban J connectivity index is 0.000000164. The lowest BCUT2D eigenvalue weighted by Crippen LogP contribution is -2.63. The second kappa shape index (κ2) is 12.9. The van der Waals surface area contributed by atoms with Crippen molar-refractivity contribution in [2.24, 2.45) is 69.0 Å². The van der Waals surface area contributed by atoms with Gasteiger partial charge in [0.05, 0.1) is 6.10 Å². The largest absolute Gasteiger partial charge is 0.393 e. The number of allylic oxidation sites excluding steroid dienone is 5. The van der Waals surface area contributed by atoms with E-state index in [0.717, 1.165) is 32.1 Å². The Hall–Kier alpha value is -2.33. The Labute approximate surface area is 307 Å². The predicted octanol–water partition coefficient (Wildman–Crippen LogP) is 5.45. The van der Waals surface area contributed by atoms with Crippen LogP contribution in [0, 0.1) is 69.0 Å². The molecule has 6 saturated carbocycles. The van der Waals surface area contributed by atoms with E-state index in [0.29, 0.717) is 42.0 Å².